The second-order valence-corrected chi connectivity index (χ2v) is 7.01. The van der Waals surface area contributed by atoms with E-state index in [9.17, 15) is 18.8 Å². The molecule has 1 amide bonds. The maximum atomic E-state index is 13.7. The highest BCUT2D eigenvalue weighted by Gasteiger charge is 2.29. The average molecular weight is 433 g/mol. The predicted molar refractivity (Wildman–Crippen MR) is 115 cm³/mol. The maximum Gasteiger partial charge on any atom is 0.328 e. The van der Waals surface area contributed by atoms with Gasteiger partial charge in [0.05, 0.1) is 16.9 Å². The van der Waals surface area contributed by atoms with Crippen LogP contribution in [0.3, 0.4) is 0 Å². The van der Waals surface area contributed by atoms with E-state index in [0.717, 1.165) is 4.57 Å². The molecule has 2 heterocycles. The molecule has 1 aliphatic rings. The third kappa shape index (κ3) is 3.88. The standard InChI is InChI=1S/C21H21FN4O3.ClH/c1-2-25-20(28)16-7-6-14(11-17(16)24-21(25)29)19(27)26-9-8-23-12-18(26)13-4-3-5-15(22)10-13;/h3-7,10-11,18,23H,2,8-9,12H2,1H3,(H,24,29);1H. The number of hydrogen-bond acceptors (Lipinski definition) is 4. The van der Waals surface area contributed by atoms with Gasteiger partial charge in [0, 0.05) is 31.7 Å². The molecule has 0 saturated carbocycles. The number of aromatic amines is 1. The smallest absolute Gasteiger partial charge is 0.328 e. The van der Waals surface area contributed by atoms with Crippen molar-refractivity contribution in [3.05, 3.63) is 80.2 Å². The average Bonchev–Trinajstić information content (AvgIpc) is 2.73. The lowest BCUT2D eigenvalue weighted by Crippen LogP contribution is -2.48. The lowest BCUT2D eigenvalue weighted by atomic mass is 10.0. The summed E-state index contributed by atoms with van der Waals surface area (Å²) in [5.41, 5.74) is 0.517. The Bertz CT molecular complexity index is 1210. The van der Waals surface area contributed by atoms with Crippen LogP contribution in [0.5, 0.6) is 0 Å². The number of nitrogens with one attached hydrogen (secondary N) is 2. The first-order valence-electron chi connectivity index (χ1n) is 9.53. The van der Waals surface area contributed by atoms with Crippen molar-refractivity contribution >= 4 is 29.2 Å². The fourth-order valence-electron chi connectivity index (χ4n) is 3.80. The molecular formula is C21H22ClFN4O3. The van der Waals surface area contributed by atoms with Gasteiger partial charge in [0.15, 0.2) is 0 Å². The Morgan fingerprint density at radius 2 is 2.00 bits per heavy atom. The van der Waals surface area contributed by atoms with Gasteiger partial charge in [-0.05, 0) is 42.8 Å². The molecule has 30 heavy (non-hydrogen) atoms. The maximum absolute atomic E-state index is 13.7. The van der Waals surface area contributed by atoms with Crippen LogP contribution in [0.25, 0.3) is 10.9 Å². The quantitative estimate of drug-likeness (QED) is 0.663. The van der Waals surface area contributed by atoms with Gasteiger partial charge in [-0.15, -0.1) is 12.4 Å². The van der Waals surface area contributed by atoms with Gasteiger partial charge in [-0.25, -0.2) is 9.18 Å². The number of carbonyl (C=O) groups is 1. The molecule has 1 aliphatic heterocycles. The van der Waals surface area contributed by atoms with Gasteiger partial charge in [0.2, 0.25) is 0 Å². The predicted octanol–water partition coefficient (Wildman–Crippen LogP) is 2.06. The van der Waals surface area contributed by atoms with E-state index in [2.05, 4.69) is 10.3 Å². The number of nitrogens with zero attached hydrogens (tertiary/aromatic N) is 2. The minimum Gasteiger partial charge on any atom is -0.329 e. The molecule has 1 fully saturated rings. The topological polar surface area (TPSA) is 87.2 Å². The van der Waals surface area contributed by atoms with E-state index < -0.39 is 5.69 Å². The number of fused-ring (bicyclic) bond motifs is 1. The first kappa shape index (κ1) is 21.7. The zero-order valence-electron chi connectivity index (χ0n) is 16.4. The molecule has 3 aromatic rings. The summed E-state index contributed by atoms with van der Waals surface area (Å²) in [5, 5.41) is 3.59. The minimum atomic E-state index is -0.505. The zero-order chi connectivity index (χ0) is 20.5. The number of piperazine rings is 1. The Labute approximate surface area is 177 Å². The van der Waals surface area contributed by atoms with Crippen LogP contribution in [0, 0.1) is 5.82 Å². The molecule has 2 N–H and O–H groups in total. The normalized spacial score (nSPS) is 16.3. The molecule has 1 unspecified atom stereocenters. The first-order valence-corrected chi connectivity index (χ1v) is 9.53. The Morgan fingerprint density at radius 3 is 2.73 bits per heavy atom. The molecule has 2 aromatic carbocycles. The van der Waals surface area contributed by atoms with Crippen LogP contribution in [0.4, 0.5) is 4.39 Å². The van der Waals surface area contributed by atoms with Crippen molar-refractivity contribution in [2.75, 3.05) is 19.6 Å². The van der Waals surface area contributed by atoms with Crippen molar-refractivity contribution in [2.45, 2.75) is 19.5 Å². The number of H-pyrrole nitrogens is 1. The summed E-state index contributed by atoms with van der Waals surface area (Å²) in [6, 6.07) is 10.6. The summed E-state index contributed by atoms with van der Waals surface area (Å²) in [4.78, 5) is 42.1. The van der Waals surface area contributed by atoms with Crippen LogP contribution < -0.4 is 16.6 Å². The molecule has 158 valence electrons. The number of rotatable bonds is 3. The van der Waals surface area contributed by atoms with E-state index in [-0.39, 0.29) is 42.3 Å². The SMILES string of the molecule is CCn1c(=O)[nH]c2cc(C(=O)N3CCNCC3c3cccc(F)c3)ccc2c1=O.Cl. The molecule has 1 saturated heterocycles. The Kier molecular flexibility index (Phi) is 6.38. The lowest BCUT2D eigenvalue weighted by molar-refractivity contribution is 0.0634. The van der Waals surface area contributed by atoms with Crippen molar-refractivity contribution < 1.29 is 9.18 Å². The minimum absolute atomic E-state index is 0. The number of hydrogen-bond donors (Lipinski definition) is 2. The van der Waals surface area contributed by atoms with Gasteiger partial charge in [0.25, 0.3) is 11.5 Å². The van der Waals surface area contributed by atoms with Crippen LogP contribution in [0.15, 0.2) is 52.1 Å². The van der Waals surface area contributed by atoms with Crippen LogP contribution in [0.1, 0.15) is 28.9 Å². The van der Waals surface area contributed by atoms with Gasteiger partial charge in [-0.2, -0.15) is 0 Å². The fraction of sp³-hybridized carbons (Fsp3) is 0.286. The number of carbonyl (C=O) groups excluding carboxylic acids is 1. The highest BCUT2D eigenvalue weighted by Crippen LogP contribution is 2.25. The van der Waals surface area contributed by atoms with Crippen molar-refractivity contribution in [1.82, 2.24) is 19.8 Å². The molecule has 0 aliphatic carbocycles. The highest BCUT2D eigenvalue weighted by atomic mass is 35.5. The fourth-order valence-corrected chi connectivity index (χ4v) is 3.80. The second kappa shape index (κ2) is 8.81. The van der Waals surface area contributed by atoms with Crippen LogP contribution >= 0.6 is 12.4 Å². The van der Waals surface area contributed by atoms with E-state index in [1.165, 1.54) is 18.2 Å². The third-order valence-corrected chi connectivity index (χ3v) is 5.28. The molecule has 4 rings (SSSR count). The van der Waals surface area contributed by atoms with Gasteiger partial charge in [-0.1, -0.05) is 12.1 Å². The van der Waals surface area contributed by atoms with E-state index in [1.807, 2.05) is 0 Å². The summed E-state index contributed by atoms with van der Waals surface area (Å²) >= 11 is 0. The summed E-state index contributed by atoms with van der Waals surface area (Å²) in [5.74, 6) is -0.584. The largest absolute Gasteiger partial charge is 0.329 e. The van der Waals surface area contributed by atoms with Crippen molar-refractivity contribution in [1.29, 1.82) is 0 Å². The van der Waals surface area contributed by atoms with Crippen molar-refractivity contribution in [3.63, 3.8) is 0 Å². The summed E-state index contributed by atoms with van der Waals surface area (Å²) < 4.78 is 14.8. The Balaban J connectivity index is 0.00000256. The zero-order valence-corrected chi connectivity index (χ0v) is 17.2. The number of amides is 1. The molecule has 1 atom stereocenters. The summed E-state index contributed by atoms with van der Waals surface area (Å²) in [6.07, 6.45) is 0. The van der Waals surface area contributed by atoms with Gasteiger partial charge in [0.1, 0.15) is 5.82 Å². The molecule has 0 bridgehead atoms. The van der Waals surface area contributed by atoms with E-state index in [0.29, 0.717) is 41.7 Å². The number of halogens is 2. The summed E-state index contributed by atoms with van der Waals surface area (Å²) in [7, 11) is 0. The number of benzene rings is 2. The van der Waals surface area contributed by atoms with Crippen molar-refractivity contribution in [2.24, 2.45) is 0 Å². The highest BCUT2D eigenvalue weighted by molar-refractivity contribution is 5.98. The van der Waals surface area contributed by atoms with Crippen LogP contribution in [-0.4, -0.2) is 40.0 Å². The molecule has 0 radical (unpaired) electrons. The van der Waals surface area contributed by atoms with Crippen LogP contribution in [-0.2, 0) is 6.54 Å². The van der Waals surface area contributed by atoms with E-state index >= 15 is 0 Å². The second-order valence-electron chi connectivity index (χ2n) is 7.01. The van der Waals surface area contributed by atoms with Gasteiger partial charge < -0.3 is 15.2 Å². The monoisotopic (exact) mass is 432 g/mol. The molecule has 7 nitrogen and oxygen atoms in total. The lowest BCUT2D eigenvalue weighted by Gasteiger charge is -2.36. The molecule has 0 spiro atoms. The van der Waals surface area contributed by atoms with E-state index in [4.69, 9.17) is 0 Å². The Hall–Kier alpha value is -2.97. The summed E-state index contributed by atoms with van der Waals surface area (Å²) in [6.45, 7) is 3.59. The number of aromatic nitrogens is 2. The molecule has 9 heteroatoms. The van der Waals surface area contributed by atoms with E-state index in [1.54, 1.807) is 36.1 Å². The molecule has 1 aromatic heterocycles. The van der Waals surface area contributed by atoms with Crippen LogP contribution in [0.2, 0.25) is 0 Å². The van der Waals surface area contributed by atoms with Gasteiger partial charge >= 0.3 is 5.69 Å². The molecular weight excluding hydrogens is 411 g/mol. The van der Waals surface area contributed by atoms with Gasteiger partial charge in [-0.3, -0.25) is 14.2 Å². The Morgan fingerprint density at radius 1 is 1.20 bits per heavy atom. The third-order valence-electron chi connectivity index (χ3n) is 5.28. The first-order chi connectivity index (χ1) is 14.0. The van der Waals surface area contributed by atoms with Crippen molar-refractivity contribution in [3.8, 4) is 0 Å².